The van der Waals surface area contributed by atoms with Crippen molar-refractivity contribution in [3.8, 4) is 11.5 Å². The Hall–Kier alpha value is -3.68. The predicted octanol–water partition coefficient (Wildman–Crippen LogP) is 2.87. The number of rotatable bonds is 5. The molecule has 0 radical (unpaired) electrons. The first-order chi connectivity index (χ1) is 12.4. The van der Waals surface area contributed by atoms with E-state index >= 15 is 0 Å². The van der Waals surface area contributed by atoms with Gasteiger partial charge in [-0.25, -0.2) is 9.78 Å². The summed E-state index contributed by atoms with van der Waals surface area (Å²) in [7, 11) is 1.72. The number of pyridine rings is 1. The number of aromatic nitrogens is 3. The summed E-state index contributed by atoms with van der Waals surface area (Å²) in [6, 6.07) is 7.97. The molecular formula is C18H16N4O4. The van der Waals surface area contributed by atoms with Gasteiger partial charge in [0.1, 0.15) is 17.3 Å². The third-order valence-corrected chi connectivity index (χ3v) is 3.68. The molecular weight excluding hydrogens is 336 g/mol. The van der Waals surface area contributed by atoms with E-state index in [1.807, 2.05) is 0 Å². The van der Waals surface area contributed by atoms with E-state index in [4.69, 9.17) is 4.74 Å². The first-order valence-corrected chi connectivity index (χ1v) is 7.71. The van der Waals surface area contributed by atoms with Gasteiger partial charge in [0.15, 0.2) is 0 Å². The number of hydrogen-bond acceptors (Lipinski definition) is 5. The first kappa shape index (κ1) is 17.2. The van der Waals surface area contributed by atoms with Crippen LogP contribution in [0.5, 0.6) is 11.5 Å². The van der Waals surface area contributed by atoms with Crippen LogP contribution in [0.2, 0.25) is 0 Å². The van der Waals surface area contributed by atoms with Gasteiger partial charge < -0.3 is 15.2 Å². The maximum absolute atomic E-state index is 12.2. The highest BCUT2D eigenvalue weighted by molar-refractivity contribution is 6.03. The smallest absolute Gasteiger partial charge is 0.336 e. The SMILES string of the molecule is Cc1c(Oc2ccnc(NC(=O)c3cnn(C)c3)c2)cccc1C(=O)O. The van der Waals surface area contributed by atoms with Crippen LogP contribution in [0.25, 0.3) is 0 Å². The lowest BCUT2D eigenvalue weighted by Gasteiger charge is -2.11. The number of benzene rings is 1. The number of carboxylic acids is 1. The summed E-state index contributed by atoms with van der Waals surface area (Å²) >= 11 is 0. The van der Waals surface area contributed by atoms with E-state index < -0.39 is 5.97 Å². The topological polar surface area (TPSA) is 106 Å². The Kier molecular flexibility index (Phi) is 4.66. The predicted molar refractivity (Wildman–Crippen MR) is 93.6 cm³/mol. The number of ether oxygens (including phenoxy) is 1. The zero-order valence-electron chi connectivity index (χ0n) is 14.1. The number of carboxylic acid groups (broad SMARTS) is 1. The van der Waals surface area contributed by atoms with E-state index in [1.165, 1.54) is 23.1 Å². The summed E-state index contributed by atoms with van der Waals surface area (Å²) in [6.07, 6.45) is 4.54. The van der Waals surface area contributed by atoms with E-state index in [0.717, 1.165) is 0 Å². The summed E-state index contributed by atoms with van der Waals surface area (Å²) in [6.45, 7) is 1.67. The molecule has 1 amide bonds. The Bertz CT molecular complexity index is 981. The third-order valence-electron chi connectivity index (χ3n) is 3.68. The van der Waals surface area contributed by atoms with E-state index in [2.05, 4.69) is 15.4 Å². The van der Waals surface area contributed by atoms with Gasteiger partial charge in [0.25, 0.3) is 5.91 Å². The molecule has 0 fully saturated rings. The summed E-state index contributed by atoms with van der Waals surface area (Å²) in [4.78, 5) is 27.5. The summed E-state index contributed by atoms with van der Waals surface area (Å²) in [5, 5.41) is 15.8. The van der Waals surface area contributed by atoms with E-state index in [1.54, 1.807) is 44.4 Å². The van der Waals surface area contributed by atoms with Crippen LogP contribution in [0.1, 0.15) is 26.3 Å². The Morgan fingerprint density at radius 2 is 2.08 bits per heavy atom. The molecule has 8 heteroatoms. The number of hydrogen-bond donors (Lipinski definition) is 2. The van der Waals surface area contributed by atoms with Crippen LogP contribution >= 0.6 is 0 Å². The molecule has 3 aromatic rings. The molecule has 0 saturated heterocycles. The molecule has 0 spiro atoms. The Labute approximate surface area is 149 Å². The standard InChI is InChI=1S/C18H16N4O4/c1-11-14(18(24)25)4-3-5-15(11)26-13-6-7-19-16(8-13)21-17(23)12-9-20-22(2)10-12/h3-10H,1-2H3,(H,24,25)(H,19,21,23). The molecule has 0 aliphatic heterocycles. The number of carbonyl (C=O) groups excluding carboxylic acids is 1. The largest absolute Gasteiger partial charge is 0.478 e. The van der Waals surface area contributed by atoms with Crippen molar-refractivity contribution in [3.05, 3.63) is 65.6 Å². The zero-order chi connectivity index (χ0) is 18.7. The molecule has 0 atom stereocenters. The highest BCUT2D eigenvalue weighted by atomic mass is 16.5. The van der Waals surface area contributed by atoms with Crippen molar-refractivity contribution in [2.45, 2.75) is 6.92 Å². The Morgan fingerprint density at radius 1 is 1.27 bits per heavy atom. The van der Waals surface area contributed by atoms with Crippen molar-refractivity contribution in [1.82, 2.24) is 14.8 Å². The second-order valence-electron chi connectivity index (χ2n) is 5.57. The summed E-state index contributed by atoms with van der Waals surface area (Å²) in [5.41, 5.74) is 1.09. The van der Waals surface area contributed by atoms with Gasteiger partial charge in [-0.15, -0.1) is 0 Å². The molecule has 0 aliphatic carbocycles. The molecule has 0 saturated carbocycles. The molecule has 3 rings (SSSR count). The molecule has 0 aliphatic rings. The normalized spacial score (nSPS) is 10.4. The van der Waals surface area contributed by atoms with Crippen molar-refractivity contribution in [1.29, 1.82) is 0 Å². The van der Waals surface area contributed by atoms with Gasteiger partial charge in [0.05, 0.1) is 17.3 Å². The van der Waals surface area contributed by atoms with Crippen molar-refractivity contribution in [3.63, 3.8) is 0 Å². The fourth-order valence-electron chi connectivity index (χ4n) is 2.35. The van der Waals surface area contributed by atoms with Crippen LogP contribution in [0, 0.1) is 6.92 Å². The molecule has 0 bridgehead atoms. The van der Waals surface area contributed by atoms with Gasteiger partial charge >= 0.3 is 5.97 Å². The quantitative estimate of drug-likeness (QED) is 0.731. The number of carbonyl (C=O) groups is 2. The molecule has 26 heavy (non-hydrogen) atoms. The summed E-state index contributed by atoms with van der Waals surface area (Å²) in [5.74, 6) is -0.213. The number of amides is 1. The molecule has 1 aromatic carbocycles. The number of aromatic carboxylic acids is 1. The Morgan fingerprint density at radius 3 is 2.77 bits per heavy atom. The second kappa shape index (κ2) is 7.06. The van der Waals surface area contributed by atoms with Gasteiger partial charge in [0, 0.05) is 31.1 Å². The lowest BCUT2D eigenvalue weighted by Crippen LogP contribution is -2.12. The highest BCUT2D eigenvalue weighted by Gasteiger charge is 2.13. The van der Waals surface area contributed by atoms with Gasteiger partial charge in [-0.05, 0) is 25.1 Å². The minimum Gasteiger partial charge on any atom is -0.478 e. The van der Waals surface area contributed by atoms with Crippen molar-refractivity contribution in [2.24, 2.45) is 7.05 Å². The minimum atomic E-state index is -1.02. The first-order valence-electron chi connectivity index (χ1n) is 7.71. The Balaban J connectivity index is 1.79. The van der Waals surface area contributed by atoms with Crippen LogP contribution in [0.4, 0.5) is 5.82 Å². The molecule has 2 aromatic heterocycles. The number of nitrogens with one attached hydrogen (secondary N) is 1. The average Bonchev–Trinajstić information content (AvgIpc) is 3.03. The monoisotopic (exact) mass is 352 g/mol. The van der Waals surface area contributed by atoms with Crippen LogP contribution in [-0.4, -0.2) is 31.7 Å². The van der Waals surface area contributed by atoms with Gasteiger partial charge in [-0.2, -0.15) is 5.10 Å². The average molecular weight is 352 g/mol. The van der Waals surface area contributed by atoms with Crippen LogP contribution in [0.3, 0.4) is 0 Å². The van der Waals surface area contributed by atoms with E-state index in [9.17, 15) is 14.7 Å². The minimum absolute atomic E-state index is 0.168. The maximum Gasteiger partial charge on any atom is 0.336 e. The van der Waals surface area contributed by atoms with Gasteiger partial charge in [-0.3, -0.25) is 9.48 Å². The van der Waals surface area contributed by atoms with E-state index in [0.29, 0.717) is 28.4 Å². The van der Waals surface area contributed by atoms with Crippen molar-refractivity contribution >= 4 is 17.7 Å². The van der Waals surface area contributed by atoms with Gasteiger partial charge in [0.2, 0.25) is 0 Å². The van der Waals surface area contributed by atoms with Crippen LogP contribution < -0.4 is 10.1 Å². The molecule has 8 nitrogen and oxygen atoms in total. The fraction of sp³-hybridized carbons (Fsp3) is 0.111. The number of nitrogens with zero attached hydrogens (tertiary/aromatic N) is 3. The molecule has 2 heterocycles. The molecule has 2 N–H and O–H groups in total. The lowest BCUT2D eigenvalue weighted by molar-refractivity contribution is 0.0695. The summed E-state index contributed by atoms with van der Waals surface area (Å²) < 4.78 is 7.29. The second-order valence-corrected chi connectivity index (χ2v) is 5.57. The zero-order valence-corrected chi connectivity index (χ0v) is 14.1. The van der Waals surface area contributed by atoms with E-state index in [-0.39, 0.29) is 11.5 Å². The molecule has 0 unspecified atom stereocenters. The number of anilines is 1. The van der Waals surface area contributed by atoms with Crippen LogP contribution in [0.15, 0.2) is 48.9 Å². The van der Waals surface area contributed by atoms with Crippen molar-refractivity contribution < 1.29 is 19.4 Å². The number of aryl methyl sites for hydroxylation is 1. The van der Waals surface area contributed by atoms with Crippen molar-refractivity contribution in [2.75, 3.05) is 5.32 Å². The lowest BCUT2D eigenvalue weighted by atomic mass is 10.1. The van der Waals surface area contributed by atoms with Gasteiger partial charge in [-0.1, -0.05) is 6.07 Å². The fourth-order valence-corrected chi connectivity index (χ4v) is 2.35. The highest BCUT2D eigenvalue weighted by Crippen LogP contribution is 2.28. The third kappa shape index (κ3) is 3.69. The maximum atomic E-state index is 12.2. The molecule has 132 valence electrons. The van der Waals surface area contributed by atoms with Crippen LogP contribution in [-0.2, 0) is 7.05 Å².